The molecular weight excluding hydrogens is 670 g/mol. The third-order valence-electron chi connectivity index (χ3n) is 8.52. The van der Waals surface area contributed by atoms with E-state index in [4.69, 9.17) is 27.6 Å². The third-order valence-corrected chi connectivity index (χ3v) is 13.8. The van der Waals surface area contributed by atoms with Gasteiger partial charge in [0.2, 0.25) is 10.7 Å². The number of hydrogen-bond donors (Lipinski definition) is 0. The third kappa shape index (κ3) is 8.21. The summed E-state index contributed by atoms with van der Waals surface area (Å²) in [5.74, 6) is 2.41. The highest BCUT2D eigenvalue weighted by Gasteiger charge is 2.56. The van der Waals surface area contributed by atoms with Crippen LogP contribution in [-0.4, -0.2) is 10.7 Å². The Bertz CT molecular complexity index is 1800. The van der Waals surface area contributed by atoms with Crippen molar-refractivity contribution in [1.82, 2.24) is 0 Å². The maximum Gasteiger partial charge on any atom is 0.474 e. The zero-order valence-electron chi connectivity index (χ0n) is 28.8. The van der Waals surface area contributed by atoms with Crippen LogP contribution in [0.25, 0.3) is 0 Å². The van der Waals surface area contributed by atoms with Crippen molar-refractivity contribution in [2.75, 3.05) is 0 Å². The largest absolute Gasteiger partial charge is 0.474 e. The van der Waals surface area contributed by atoms with Gasteiger partial charge in [-0.15, -0.1) is 0 Å². The van der Waals surface area contributed by atoms with Gasteiger partial charge in [0.15, 0.2) is 0 Å². The highest BCUT2D eigenvalue weighted by atomic mass is 31.2. The molecule has 0 amide bonds. The van der Waals surface area contributed by atoms with Gasteiger partial charge < -0.3 is 27.6 Å². The van der Waals surface area contributed by atoms with Crippen LogP contribution < -0.4 is 27.6 Å². The van der Waals surface area contributed by atoms with E-state index in [1.54, 1.807) is 97.1 Å². The van der Waals surface area contributed by atoms with E-state index < -0.39 is 25.9 Å². The lowest BCUT2D eigenvalue weighted by Gasteiger charge is -2.38. The minimum Gasteiger partial charge on any atom is -0.472 e. The van der Waals surface area contributed by atoms with E-state index in [-0.39, 0.29) is 5.75 Å². The van der Waals surface area contributed by atoms with Gasteiger partial charge in [-0.3, -0.25) is 0 Å². The molecule has 10 heteroatoms. The molecular formula is C40H44O8P2. The predicted octanol–water partition coefficient (Wildman–Crippen LogP) is 12.2. The zero-order chi connectivity index (χ0) is 35.5. The lowest BCUT2D eigenvalue weighted by Crippen LogP contribution is -2.38. The fourth-order valence-electron chi connectivity index (χ4n) is 5.54. The fraction of sp³-hybridized carbons (Fsp3) is 0.250. The quantitative estimate of drug-likeness (QED) is 0.0829. The Morgan fingerprint density at radius 2 is 0.580 bits per heavy atom. The summed E-state index contributed by atoms with van der Waals surface area (Å²) in [5.41, 5.74) is 0. The Morgan fingerprint density at radius 1 is 0.360 bits per heavy atom. The summed E-state index contributed by atoms with van der Waals surface area (Å²) in [5, 5.41) is -2.68. The smallest absolute Gasteiger partial charge is 0.472 e. The van der Waals surface area contributed by atoms with E-state index >= 15 is 4.57 Å². The van der Waals surface area contributed by atoms with Crippen molar-refractivity contribution in [2.24, 2.45) is 0 Å². The second-order valence-electron chi connectivity index (χ2n) is 11.6. The molecule has 0 aliphatic carbocycles. The van der Waals surface area contributed by atoms with E-state index in [0.717, 1.165) is 0 Å². The van der Waals surface area contributed by atoms with E-state index in [2.05, 4.69) is 0 Å². The standard InChI is InChI=1S/C40H44O8P2/c1-5-39(6-2,43-33-21-13-9-14-22-33)50(42,47-37-27-19-12-20-28-37)48-38-31-29-34(30-32-38)44-40(7-3,8-4)49(41,45-35-23-15-10-16-24-35)46-36-25-17-11-18-26-36/h9-32H,5-8H2,1-4H3. The molecule has 5 aromatic carbocycles. The van der Waals surface area contributed by atoms with E-state index in [9.17, 15) is 4.57 Å². The molecule has 0 saturated carbocycles. The van der Waals surface area contributed by atoms with Crippen molar-refractivity contribution < 1.29 is 36.7 Å². The van der Waals surface area contributed by atoms with Crippen molar-refractivity contribution in [2.45, 2.75) is 64.1 Å². The summed E-state index contributed by atoms with van der Waals surface area (Å²) in [6.45, 7) is 7.57. The lowest BCUT2D eigenvalue weighted by atomic mass is 10.2. The Hall–Kier alpha value is -4.64. The molecule has 8 nitrogen and oxygen atoms in total. The second kappa shape index (κ2) is 16.4. The Labute approximate surface area is 295 Å². The van der Waals surface area contributed by atoms with Crippen molar-refractivity contribution in [3.63, 3.8) is 0 Å². The summed E-state index contributed by atoms with van der Waals surface area (Å²) in [7, 11) is -8.14. The average molecular weight is 715 g/mol. The van der Waals surface area contributed by atoms with Crippen LogP contribution in [0.4, 0.5) is 0 Å². The van der Waals surface area contributed by atoms with Crippen LogP contribution in [0, 0.1) is 0 Å². The predicted molar refractivity (Wildman–Crippen MR) is 198 cm³/mol. The molecule has 0 aliphatic rings. The van der Waals surface area contributed by atoms with E-state index in [0.29, 0.717) is 54.4 Å². The molecule has 262 valence electrons. The zero-order valence-corrected chi connectivity index (χ0v) is 30.6. The van der Waals surface area contributed by atoms with Crippen LogP contribution in [0.3, 0.4) is 0 Å². The summed E-state index contributed by atoms with van der Waals surface area (Å²) in [6.07, 6.45) is 1.31. The van der Waals surface area contributed by atoms with Gasteiger partial charge in [-0.1, -0.05) is 100 Å². The molecule has 5 aromatic rings. The molecule has 50 heavy (non-hydrogen) atoms. The lowest BCUT2D eigenvalue weighted by molar-refractivity contribution is 0.112. The van der Waals surface area contributed by atoms with E-state index in [1.807, 2.05) is 76.2 Å². The molecule has 0 radical (unpaired) electrons. The number of hydrogen-bond acceptors (Lipinski definition) is 8. The highest BCUT2D eigenvalue weighted by molar-refractivity contribution is 7.56. The first-order valence-corrected chi connectivity index (χ1v) is 20.0. The number of benzene rings is 5. The van der Waals surface area contributed by atoms with Crippen LogP contribution in [0.15, 0.2) is 146 Å². The topological polar surface area (TPSA) is 89.5 Å². The number of rotatable bonds is 18. The van der Waals surface area contributed by atoms with Gasteiger partial charge in [0.1, 0.15) is 34.5 Å². The van der Waals surface area contributed by atoms with Crippen LogP contribution >= 0.6 is 15.2 Å². The Morgan fingerprint density at radius 3 is 0.860 bits per heavy atom. The molecule has 0 bridgehead atoms. The van der Waals surface area contributed by atoms with Gasteiger partial charge in [0.25, 0.3) is 0 Å². The molecule has 0 aliphatic heterocycles. The van der Waals surface area contributed by atoms with Crippen molar-refractivity contribution in [3.8, 4) is 34.5 Å². The van der Waals surface area contributed by atoms with Gasteiger partial charge in [0.05, 0.1) is 0 Å². The molecule has 0 spiro atoms. The molecule has 1 unspecified atom stereocenters. The summed E-state index contributed by atoms with van der Waals surface area (Å²) in [6, 6.07) is 42.6. The molecule has 5 rings (SSSR count). The average Bonchev–Trinajstić information content (AvgIpc) is 3.15. The normalized spacial score (nSPS) is 13.0. The minimum absolute atomic E-state index is 0.280. The number of para-hydroxylation sites is 4. The second-order valence-corrected chi connectivity index (χ2v) is 15.9. The van der Waals surface area contributed by atoms with Gasteiger partial charge in [0, 0.05) is 0 Å². The van der Waals surface area contributed by atoms with Crippen LogP contribution in [0.5, 0.6) is 34.5 Å². The van der Waals surface area contributed by atoms with Crippen LogP contribution in [-0.2, 0) is 9.13 Å². The van der Waals surface area contributed by atoms with Gasteiger partial charge >= 0.3 is 15.2 Å². The fourth-order valence-corrected chi connectivity index (χ4v) is 9.86. The first kappa shape index (κ1) is 36.6. The Balaban J connectivity index is 1.47. The maximum atomic E-state index is 15.1. The number of ether oxygens (including phenoxy) is 2. The molecule has 0 saturated heterocycles. The molecule has 0 heterocycles. The van der Waals surface area contributed by atoms with Gasteiger partial charge in [-0.25, -0.2) is 9.13 Å². The summed E-state index contributed by atoms with van der Waals surface area (Å²) < 4.78 is 68.0. The van der Waals surface area contributed by atoms with Crippen molar-refractivity contribution in [1.29, 1.82) is 0 Å². The highest BCUT2D eigenvalue weighted by Crippen LogP contribution is 2.64. The summed E-state index contributed by atoms with van der Waals surface area (Å²) in [4.78, 5) is 0. The molecule has 1 atom stereocenters. The SMILES string of the molecule is CCC(CC)(Oc1ccc(OP(=O)(Oc2ccccc2)C(CC)(CC)Oc2ccccc2)cc1)P(=O)(Oc1ccccc1)Oc1ccccc1. The minimum atomic E-state index is -4.09. The first-order chi connectivity index (χ1) is 24.2. The molecule has 0 N–H and O–H groups in total. The molecule has 0 fully saturated rings. The van der Waals surface area contributed by atoms with Gasteiger partial charge in [-0.05, 0) is 98.5 Å². The summed E-state index contributed by atoms with van der Waals surface area (Å²) >= 11 is 0. The first-order valence-electron chi connectivity index (χ1n) is 16.9. The van der Waals surface area contributed by atoms with Crippen molar-refractivity contribution >= 4 is 15.2 Å². The van der Waals surface area contributed by atoms with E-state index in [1.165, 1.54) is 0 Å². The maximum absolute atomic E-state index is 15.1. The monoisotopic (exact) mass is 714 g/mol. The Kier molecular flexibility index (Phi) is 12.0. The van der Waals surface area contributed by atoms with Crippen LogP contribution in [0.2, 0.25) is 0 Å². The molecule has 0 aromatic heterocycles. The van der Waals surface area contributed by atoms with Gasteiger partial charge in [-0.2, -0.15) is 0 Å². The van der Waals surface area contributed by atoms with Crippen LogP contribution in [0.1, 0.15) is 53.4 Å². The van der Waals surface area contributed by atoms with Crippen molar-refractivity contribution in [3.05, 3.63) is 146 Å².